The lowest BCUT2D eigenvalue weighted by atomic mass is 9.86. The van der Waals surface area contributed by atoms with Gasteiger partial charge in [0, 0.05) is 16.8 Å². The van der Waals surface area contributed by atoms with Gasteiger partial charge in [0.05, 0.1) is 5.02 Å². The van der Waals surface area contributed by atoms with Gasteiger partial charge < -0.3 is 10.1 Å². The summed E-state index contributed by atoms with van der Waals surface area (Å²) in [6.07, 6.45) is -0.760. The van der Waals surface area contributed by atoms with E-state index in [0.29, 0.717) is 27.6 Å². The predicted molar refractivity (Wildman–Crippen MR) is 125 cm³/mol. The van der Waals surface area contributed by atoms with Crippen LogP contribution in [0.1, 0.15) is 49.2 Å². The highest BCUT2D eigenvalue weighted by atomic mass is 35.5. The molecule has 0 aliphatic rings. The minimum atomic E-state index is -0.760. The topological polar surface area (TPSA) is 55.4 Å². The molecule has 0 unspecified atom stereocenters. The Hall–Kier alpha value is -3.11. The molecular formula is C26H26ClNO3. The molecule has 0 saturated heterocycles. The van der Waals surface area contributed by atoms with Crippen LogP contribution in [0, 0.1) is 0 Å². The van der Waals surface area contributed by atoms with Crippen LogP contribution in [0.25, 0.3) is 0 Å². The van der Waals surface area contributed by atoms with Crippen molar-refractivity contribution in [3.8, 4) is 5.75 Å². The van der Waals surface area contributed by atoms with Crippen LogP contribution >= 0.6 is 11.6 Å². The zero-order chi connectivity index (χ0) is 22.6. The molecular weight excluding hydrogens is 410 g/mol. The van der Waals surface area contributed by atoms with Crippen molar-refractivity contribution >= 4 is 29.0 Å². The van der Waals surface area contributed by atoms with Crippen molar-refractivity contribution < 1.29 is 14.3 Å². The quantitative estimate of drug-likeness (QED) is 0.464. The SMILES string of the molecule is C[C@@H](Oc1ccccc1Cl)C(=O)Nc1cccc(C(=O)c2ccc(C(C)(C)C)cc2)c1. The number of ether oxygens (including phenoxy) is 1. The number of nitrogens with one attached hydrogen (secondary N) is 1. The molecule has 0 heterocycles. The lowest BCUT2D eigenvalue weighted by Gasteiger charge is -2.19. The second-order valence-corrected chi connectivity index (χ2v) is 8.82. The Bertz CT molecular complexity index is 1080. The average molecular weight is 436 g/mol. The Morgan fingerprint density at radius 1 is 0.903 bits per heavy atom. The Morgan fingerprint density at radius 3 is 2.23 bits per heavy atom. The number of rotatable bonds is 6. The highest BCUT2D eigenvalue weighted by molar-refractivity contribution is 6.32. The van der Waals surface area contributed by atoms with Gasteiger partial charge in [0.25, 0.3) is 5.91 Å². The van der Waals surface area contributed by atoms with Gasteiger partial charge >= 0.3 is 0 Å². The smallest absolute Gasteiger partial charge is 0.265 e. The van der Waals surface area contributed by atoms with E-state index in [2.05, 4.69) is 26.1 Å². The zero-order valence-electron chi connectivity index (χ0n) is 18.1. The molecule has 1 atom stereocenters. The second-order valence-electron chi connectivity index (χ2n) is 8.42. The third-order valence-corrected chi connectivity index (χ3v) is 5.23. The minimum absolute atomic E-state index is 0.0223. The third-order valence-electron chi connectivity index (χ3n) is 4.92. The molecule has 0 aliphatic heterocycles. The zero-order valence-corrected chi connectivity index (χ0v) is 18.9. The van der Waals surface area contributed by atoms with Crippen LogP contribution in [0.5, 0.6) is 5.75 Å². The molecule has 3 aromatic rings. The maximum absolute atomic E-state index is 12.9. The molecule has 0 bridgehead atoms. The number of para-hydroxylation sites is 1. The van der Waals surface area contributed by atoms with Crippen LogP contribution in [0.15, 0.2) is 72.8 Å². The van der Waals surface area contributed by atoms with E-state index in [1.165, 1.54) is 0 Å². The van der Waals surface area contributed by atoms with Gasteiger partial charge in [0.1, 0.15) is 5.75 Å². The Morgan fingerprint density at radius 2 is 1.58 bits per heavy atom. The van der Waals surface area contributed by atoms with E-state index in [0.717, 1.165) is 5.56 Å². The normalized spacial score (nSPS) is 12.2. The van der Waals surface area contributed by atoms with E-state index in [1.807, 2.05) is 24.3 Å². The van der Waals surface area contributed by atoms with Crippen molar-refractivity contribution in [2.75, 3.05) is 5.32 Å². The van der Waals surface area contributed by atoms with E-state index in [4.69, 9.17) is 16.3 Å². The summed E-state index contributed by atoms with van der Waals surface area (Å²) in [5.74, 6) is 0.00502. The van der Waals surface area contributed by atoms with Gasteiger partial charge in [-0.25, -0.2) is 0 Å². The van der Waals surface area contributed by atoms with E-state index < -0.39 is 6.10 Å². The van der Waals surface area contributed by atoms with Crippen molar-refractivity contribution in [1.29, 1.82) is 0 Å². The Kier molecular flexibility index (Phi) is 6.81. The summed E-state index contributed by atoms with van der Waals surface area (Å²) in [7, 11) is 0. The first kappa shape index (κ1) is 22.6. The second kappa shape index (κ2) is 9.36. The fourth-order valence-corrected chi connectivity index (χ4v) is 3.23. The molecule has 0 aliphatic carbocycles. The number of hydrogen-bond donors (Lipinski definition) is 1. The summed E-state index contributed by atoms with van der Waals surface area (Å²) in [6, 6.07) is 21.5. The van der Waals surface area contributed by atoms with Crippen molar-refractivity contribution in [3.63, 3.8) is 0 Å². The lowest BCUT2D eigenvalue weighted by molar-refractivity contribution is -0.122. The number of ketones is 1. The maximum Gasteiger partial charge on any atom is 0.265 e. The monoisotopic (exact) mass is 435 g/mol. The summed E-state index contributed by atoms with van der Waals surface area (Å²) in [5.41, 5.74) is 2.82. The molecule has 3 aromatic carbocycles. The highest BCUT2D eigenvalue weighted by Gasteiger charge is 2.18. The van der Waals surface area contributed by atoms with E-state index >= 15 is 0 Å². The molecule has 0 fully saturated rings. The van der Waals surface area contributed by atoms with Crippen molar-refractivity contribution in [1.82, 2.24) is 0 Å². The summed E-state index contributed by atoms with van der Waals surface area (Å²) in [4.78, 5) is 25.5. The highest BCUT2D eigenvalue weighted by Crippen LogP contribution is 2.25. The number of carbonyl (C=O) groups is 2. The van der Waals surface area contributed by atoms with Gasteiger partial charge in [-0.1, -0.05) is 80.9 Å². The minimum Gasteiger partial charge on any atom is -0.479 e. The largest absolute Gasteiger partial charge is 0.479 e. The molecule has 0 aromatic heterocycles. The van der Waals surface area contributed by atoms with E-state index in [-0.39, 0.29) is 17.1 Å². The summed E-state index contributed by atoms with van der Waals surface area (Å²) >= 11 is 6.09. The van der Waals surface area contributed by atoms with Crippen LogP contribution in [-0.4, -0.2) is 17.8 Å². The maximum atomic E-state index is 12.9. The number of amides is 1. The van der Waals surface area contributed by atoms with Gasteiger partial charge in [0.15, 0.2) is 11.9 Å². The summed E-state index contributed by atoms with van der Waals surface area (Å²) in [5, 5.41) is 3.24. The van der Waals surface area contributed by atoms with Crippen molar-refractivity contribution in [2.24, 2.45) is 0 Å². The lowest BCUT2D eigenvalue weighted by Crippen LogP contribution is -2.30. The molecule has 0 spiro atoms. The Labute approximate surface area is 188 Å². The molecule has 5 heteroatoms. The Balaban J connectivity index is 1.70. The van der Waals surface area contributed by atoms with E-state index in [9.17, 15) is 9.59 Å². The van der Waals surface area contributed by atoms with Crippen LogP contribution in [0.3, 0.4) is 0 Å². The molecule has 3 rings (SSSR count). The number of halogens is 1. The van der Waals surface area contributed by atoms with Crippen LogP contribution < -0.4 is 10.1 Å². The van der Waals surface area contributed by atoms with Crippen molar-refractivity contribution in [3.05, 3.63) is 94.5 Å². The fourth-order valence-electron chi connectivity index (χ4n) is 3.05. The number of carbonyl (C=O) groups excluding carboxylic acids is 2. The fraction of sp³-hybridized carbons (Fsp3) is 0.231. The molecule has 1 N–H and O–H groups in total. The predicted octanol–water partition coefficient (Wildman–Crippen LogP) is 6.27. The van der Waals surface area contributed by atoms with Crippen LogP contribution in [-0.2, 0) is 10.2 Å². The number of anilines is 1. The molecule has 0 radical (unpaired) electrons. The first-order chi connectivity index (χ1) is 14.6. The summed E-state index contributed by atoms with van der Waals surface area (Å²) < 4.78 is 5.65. The first-order valence-corrected chi connectivity index (χ1v) is 10.5. The summed E-state index contributed by atoms with van der Waals surface area (Å²) in [6.45, 7) is 8.04. The van der Waals surface area contributed by atoms with Gasteiger partial charge in [-0.2, -0.15) is 0 Å². The average Bonchev–Trinajstić information content (AvgIpc) is 2.74. The van der Waals surface area contributed by atoms with Gasteiger partial charge in [-0.05, 0) is 42.2 Å². The molecule has 4 nitrogen and oxygen atoms in total. The molecule has 0 saturated carbocycles. The molecule has 160 valence electrons. The van der Waals surface area contributed by atoms with Crippen molar-refractivity contribution in [2.45, 2.75) is 39.2 Å². The van der Waals surface area contributed by atoms with E-state index in [1.54, 1.807) is 55.5 Å². The standard InChI is InChI=1S/C26H26ClNO3/c1-17(31-23-11-6-5-10-22(23)27)25(30)28-21-9-7-8-19(16-21)24(29)18-12-14-20(15-13-18)26(2,3)4/h5-17H,1-4H3,(H,28,30)/t17-/m1/s1. The van der Waals surface area contributed by atoms with Gasteiger partial charge in [-0.15, -0.1) is 0 Å². The first-order valence-electron chi connectivity index (χ1n) is 10.1. The molecule has 1 amide bonds. The number of hydrogen-bond acceptors (Lipinski definition) is 3. The van der Waals surface area contributed by atoms with Gasteiger partial charge in [0.2, 0.25) is 0 Å². The van der Waals surface area contributed by atoms with Crippen LogP contribution in [0.2, 0.25) is 5.02 Å². The number of benzene rings is 3. The van der Waals surface area contributed by atoms with Gasteiger partial charge in [-0.3, -0.25) is 9.59 Å². The van der Waals surface area contributed by atoms with Crippen LogP contribution in [0.4, 0.5) is 5.69 Å². The molecule has 31 heavy (non-hydrogen) atoms. The third kappa shape index (κ3) is 5.74.